The highest BCUT2D eigenvalue weighted by Crippen LogP contribution is 2.38. The summed E-state index contributed by atoms with van der Waals surface area (Å²) < 4.78 is 13.5. The van der Waals surface area contributed by atoms with E-state index in [4.69, 9.17) is 42.8 Å². The molecule has 1 unspecified atom stereocenters. The van der Waals surface area contributed by atoms with Crippen LogP contribution in [0.2, 0.25) is 10.0 Å². The molecule has 11 heteroatoms. The van der Waals surface area contributed by atoms with E-state index in [1.165, 1.54) is 0 Å². The van der Waals surface area contributed by atoms with Crippen molar-refractivity contribution >= 4 is 52.5 Å². The van der Waals surface area contributed by atoms with Gasteiger partial charge in [-0.15, -0.1) is 5.10 Å². The molecule has 0 spiro atoms. The van der Waals surface area contributed by atoms with Gasteiger partial charge >= 0.3 is 0 Å². The van der Waals surface area contributed by atoms with Gasteiger partial charge in [0.1, 0.15) is 24.1 Å². The quantitative estimate of drug-likeness (QED) is 0.119. The van der Waals surface area contributed by atoms with Gasteiger partial charge in [0, 0.05) is 27.1 Å². The Morgan fingerprint density at radius 1 is 1.07 bits per heavy atom. The fourth-order valence-electron chi connectivity index (χ4n) is 4.69. The van der Waals surface area contributed by atoms with Crippen molar-refractivity contribution in [2.45, 2.75) is 51.4 Å². The number of para-hydroxylation sites is 2. The number of thioether (sulfide) groups is 1. The summed E-state index contributed by atoms with van der Waals surface area (Å²) in [6.07, 6.45) is 2.16. The predicted octanol–water partition coefficient (Wildman–Crippen LogP) is 8.38. The number of hydrogen-bond acceptors (Lipinski definition) is 7. The number of nitrogens with one attached hydrogen (secondary N) is 2. The van der Waals surface area contributed by atoms with E-state index in [2.05, 4.69) is 17.6 Å². The number of carbonyl (C=O) groups excluding carboxylic acids is 1. The van der Waals surface area contributed by atoms with Crippen LogP contribution in [0, 0.1) is 0 Å². The summed E-state index contributed by atoms with van der Waals surface area (Å²) in [7, 11) is 0. The molecule has 2 heterocycles. The highest BCUT2D eigenvalue weighted by molar-refractivity contribution is 7.99. The Kier molecular flexibility index (Phi) is 10.2. The number of rotatable bonds is 12. The molecule has 0 saturated carbocycles. The Morgan fingerprint density at radius 2 is 1.86 bits per heavy atom. The van der Waals surface area contributed by atoms with Crippen LogP contribution in [-0.4, -0.2) is 33.0 Å². The summed E-state index contributed by atoms with van der Waals surface area (Å²) in [5.74, 6) is 2.51. The topological polar surface area (TPSA) is 90.3 Å². The molecule has 0 aliphatic carbocycles. The van der Waals surface area contributed by atoms with Crippen molar-refractivity contribution in [2.24, 2.45) is 0 Å². The van der Waals surface area contributed by atoms with E-state index in [1.807, 2.05) is 68.4 Å². The molecular formula is C32H33Cl2N5O3S. The zero-order chi connectivity index (χ0) is 30.3. The van der Waals surface area contributed by atoms with Crippen molar-refractivity contribution in [3.05, 3.63) is 99.2 Å². The van der Waals surface area contributed by atoms with E-state index in [9.17, 15) is 4.79 Å². The van der Waals surface area contributed by atoms with Crippen molar-refractivity contribution in [2.75, 3.05) is 23.0 Å². The molecule has 0 fully saturated rings. The zero-order valence-electron chi connectivity index (χ0n) is 24.2. The third-order valence-electron chi connectivity index (χ3n) is 6.85. The van der Waals surface area contributed by atoms with Crippen molar-refractivity contribution in [1.82, 2.24) is 14.8 Å². The summed E-state index contributed by atoms with van der Waals surface area (Å²) >= 11 is 14.0. The van der Waals surface area contributed by atoms with Crippen LogP contribution in [0.25, 0.3) is 0 Å². The minimum atomic E-state index is -0.525. The van der Waals surface area contributed by atoms with Crippen molar-refractivity contribution < 1.29 is 14.3 Å². The summed E-state index contributed by atoms with van der Waals surface area (Å²) in [6, 6.07) is 19.8. The molecular weight excluding hydrogens is 605 g/mol. The molecule has 8 nitrogen and oxygen atoms in total. The lowest BCUT2D eigenvalue weighted by molar-refractivity contribution is -0.113. The van der Waals surface area contributed by atoms with Gasteiger partial charge in [-0.25, -0.2) is 4.68 Å². The number of benzene rings is 3. The molecule has 2 N–H and O–H groups in total. The minimum Gasteiger partial charge on any atom is -0.492 e. The lowest BCUT2D eigenvalue weighted by Gasteiger charge is -2.29. The first-order valence-corrected chi connectivity index (χ1v) is 15.9. The highest BCUT2D eigenvalue weighted by Gasteiger charge is 2.34. The van der Waals surface area contributed by atoms with E-state index in [-0.39, 0.29) is 5.91 Å². The Bertz CT molecular complexity index is 1620. The molecule has 0 radical (unpaired) electrons. The first-order chi connectivity index (χ1) is 20.9. The molecule has 3 aromatic carbocycles. The number of nitrogens with zero attached hydrogens (tertiary/aromatic N) is 3. The molecule has 1 aromatic heterocycles. The van der Waals surface area contributed by atoms with Crippen LogP contribution in [0.3, 0.4) is 0 Å². The molecule has 1 aliphatic heterocycles. The van der Waals surface area contributed by atoms with Gasteiger partial charge in [0.05, 0.1) is 17.9 Å². The highest BCUT2D eigenvalue weighted by atomic mass is 35.5. The monoisotopic (exact) mass is 637 g/mol. The van der Waals surface area contributed by atoms with Gasteiger partial charge in [0.25, 0.3) is 5.91 Å². The average molecular weight is 639 g/mol. The molecule has 1 amide bonds. The molecule has 4 aromatic rings. The van der Waals surface area contributed by atoms with Crippen LogP contribution >= 0.6 is 35.0 Å². The first-order valence-electron chi connectivity index (χ1n) is 14.1. The summed E-state index contributed by atoms with van der Waals surface area (Å²) in [5.41, 5.74) is 3.50. The Labute approximate surface area is 265 Å². The lowest BCUT2D eigenvalue weighted by Crippen LogP contribution is -2.31. The van der Waals surface area contributed by atoms with Gasteiger partial charge in [-0.1, -0.05) is 78.6 Å². The van der Waals surface area contributed by atoms with Crippen LogP contribution in [0.4, 0.5) is 11.6 Å². The summed E-state index contributed by atoms with van der Waals surface area (Å²) in [5, 5.41) is 13.0. The number of ether oxygens (including phenoxy) is 2. The van der Waals surface area contributed by atoms with Gasteiger partial charge in [-0.2, -0.15) is 4.98 Å². The molecule has 1 aliphatic rings. The van der Waals surface area contributed by atoms with Gasteiger partial charge in [0.15, 0.2) is 0 Å². The number of carbonyl (C=O) groups is 1. The normalized spacial score (nSPS) is 14.2. The molecule has 0 bridgehead atoms. The maximum absolute atomic E-state index is 13.9. The molecule has 224 valence electrons. The number of fused-ring (bicyclic) bond motifs is 1. The van der Waals surface area contributed by atoms with Crippen LogP contribution in [0.5, 0.6) is 11.5 Å². The largest absolute Gasteiger partial charge is 0.492 e. The molecule has 43 heavy (non-hydrogen) atoms. The third kappa shape index (κ3) is 7.29. The number of hydrogen-bond donors (Lipinski definition) is 2. The SMILES string of the molecule is CCCCSc1nc2n(n1)C(c1ccc(OCc3ccc(Cl)cc3Cl)cc1)C(C(=O)Nc1ccccc1OCC)=C(C)N2. The second-order valence-electron chi connectivity index (χ2n) is 9.91. The van der Waals surface area contributed by atoms with E-state index >= 15 is 0 Å². The summed E-state index contributed by atoms with van der Waals surface area (Å²) in [6.45, 7) is 6.72. The number of aromatic nitrogens is 3. The molecule has 0 saturated heterocycles. The van der Waals surface area contributed by atoms with E-state index < -0.39 is 6.04 Å². The Balaban J connectivity index is 1.45. The van der Waals surface area contributed by atoms with Crippen LogP contribution in [0.15, 0.2) is 83.2 Å². The van der Waals surface area contributed by atoms with Crippen LogP contribution < -0.4 is 20.1 Å². The fraction of sp³-hybridized carbons (Fsp3) is 0.281. The lowest BCUT2D eigenvalue weighted by atomic mass is 9.95. The third-order valence-corrected chi connectivity index (χ3v) is 8.36. The number of halogens is 2. The van der Waals surface area contributed by atoms with E-state index in [1.54, 1.807) is 28.6 Å². The van der Waals surface area contributed by atoms with Crippen LogP contribution in [0.1, 0.15) is 50.8 Å². The van der Waals surface area contributed by atoms with E-state index in [0.717, 1.165) is 29.7 Å². The minimum absolute atomic E-state index is 0.263. The fourth-order valence-corrected chi connectivity index (χ4v) is 6.07. The Morgan fingerprint density at radius 3 is 2.60 bits per heavy atom. The maximum Gasteiger partial charge on any atom is 0.255 e. The number of unbranched alkanes of at least 4 members (excludes halogenated alkanes) is 1. The molecule has 1 atom stereocenters. The predicted molar refractivity (Wildman–Crippen MR) is 174 cm³/mol. The van der Waals surface area contributed by atoms with Gasteiger partial charge in [-0.05, 0) is 62.2 Å². The second-order valence-corrected chi connectivity index (χ2v) is 11.8. The van der Waals surface area contributed by atoms with Crippen molar-refractivity contribution in [1.29, 1.82) is 0 Å². The van der Waals surface area contributed by atoms with Crippen LogP contribution in [-0.2, 0) is 11.4 Å². The smallest absolute Gasteiger partial charge is 0.255 e. The number of allylic oxidation sites excluding steroid dienone is 1. The van der Waals surface area contributed by atoms with E-state index in [0.29, 0.717) is 62.8 Å². The number of anilines is 2. The number of amides is 1. The van der Waals surface area contributed by atoms with Gasteiger partial charge in [0.2, 0.25) is 11.1 Å². The first kappa shape index (κ1) is 30.8. The zero-order valence-corrected chi connectivity index (χ0v) is 26.5. The average Bonchev–Trinajstić information content (AvgIpc) is 3.39. The maximum atomic E-state index is 13.9. The second kappa shape index (κ2) is 14.2. The van der Waals surface area contributed by atoms with Gasteiger partial charge in [-0.3, -0.25) is 4.79 Å². The summed E-state index contributed by atoms with van der Waals surface area (Å²) in [4.78, 5) is 18.7. The van der Waals surface area contributed by atoms with Crippen molar-refractivity contribution in [3.8, 4) is 11.5 Å². The Hall–Kier alpha value is -3.66. The van der Waals surface area contributed by atoms with Gasteiger partial charge < -0.3 is 20.1 Å². The standard InChI is InChI=1S/C32H33Cl2N5O3S/c1-4-6-17-43-32-37-31-35-20(3)28(30(40)36-26-9-7-8-10-27(26)41-5-2)29(39(31)38-32)21-12-15-24(16-13-21)42-19-22-11-14-23(33)18-25(22)34/h7-16,18,29H,4-6,17,19H2,1-3H3,(H,36,40)(H,35,37,38). The van der Waals surface area contributed by atoms with Crippen molar-refractivity contribution in [3.63, 3.8) is 0 Å². The molecule has 5 rings (SSSR count).